The molecule has 0 spiro atoms. The van der Waals surface area contributed by atoms with E-state index in [0.29, 0.717) is 0 Å². The van der Waals surface area contributed by atoms with Crippen LogP contribution < -0.4 is 16.2 Å². The van der Waals surface area contributed by atoms with E-state index in [-0.39, 0.29) is 16.2 Å². The summed E-state index contributed by atoms with van der Waals surface area (Å²) < 4.78 is 5.25. The van der Waals surface area contributed by atoms with Crippen LogP contribution in [0.25, 0.3) is 80.7 Å². The number of benzene rings is 8. The van der Waals surface area contributed by atoms with Crippen molar-refractivity contribution in [3.8, 4) is 27.9 Å². The van der Waals surface area contributed by atoms with E-state index in [1.165, 1.54) is 138 Å². The normalized spacial score (nSPS) is 16.4. The fourth-order valence-electron chi connectivity index (χ4n) is 12.0. The number of nitrogens with zero attached hydrogens (tertiary/aromatic N) is 1. The molecule has 3 heterocycles. The second-order valence-corrected chi connectivity index (χ2v) is 21.3. The summed E-state index contributed by atoms with van der Waals surface area (Å²) in [4.78, 5) is 0. The molecule has 0 saturated heterocycles. The number of fused-ring (bicyclic) bond motifs is 13. The Bertz CT molecular complexity index is 3630. The van der Waals surface area contributed by atoms with Crippen LogP contribution in [-0.4, -0.2) is 11.8 Å². The highest BCUT2D eigenvalue weighted by atomic mass is 32.1. The zero-order chi connectivity index (χ0) is 42.0. The van der Waals surface area contributed by atoms with Crippen LogP contribution in [0.4, 0.5) is 11.4 Å². The molecule has 1 radical (unpaired) electrons. The molecule has 0 saturated carbocycles. The van der Waals surface area contributed by atoms with Gasteiger partial charge in [0.25, 0.3) is 0 Å². The number of anilines is 2. The van der Waals surface area contributed by atoms with Gasteiger partial charge in [0.2, 0.25) is 0 Å². The van der Waals surface area contributed by atoms with Gasteiger partial charge in [0.15, 0.2) is 7.28 Å². The third-order valence-electron chi connectivity index (χ3n) is 15.4. The maximum atomic E-state index is 4.21. The molecule has 13 rings (SSSR count). The quantitative estimate of drug-likeness (QED) is 0.176. The van der Waals surface area contributed by atoms with Gasteiger partial charge in [0.05, 0.1) is 5.52 Å². The Morgan fingerprint density at radius 2 is 1.29 bits per heavy atom. The maximum absolute atomic E-state index is 4.21. The second kappa shape index (κ2) is 12.3. The predicted molar refractivity (Wildman–Crippen MR) is 269 cm³/mol. The van der Waals surface area contributed by atoms with Gasteiger partial charge in [-0.1, -0.05) is 144 Å². The average molecular weight is 816 g/mol. The highest BCUT2D eigenvalue weighted by molar-refractivity contribution is 7.26. The van der Waals surface area contributed by atoms with Gasteiger partial charge in [-0.3, -0.25) is 0 Å². The standard InChI is InChI=1S/C58H48BN2S/c1-32-27-42-43(57(4,5)26-25-56(42,2)3)31-46(32)60-45-24-23-38-36-18-11-13-22-49(36)62-55(38)50(45)51-52-40(35-17-10-12-20-41(35)58(52,6)7)30-48-53(51)59-44-21-14-19-37-39-28-33-15-8-9-16-34(33)29-47(39)61(48)54(37)44/h8-24,27-31,60H,25-26H2,1-7H3. The monoisotopic (exact) mass is 815 g/mol. The summed E-state index contributed by atoms with van der Waals surface area (Å²) in [6.45, 7) is 16.9. The van der Waals surface area contributed by atoms with Crippen LogP contribution in [0.15, 0.2) is 133 Å². The summed E-state index contributed by atoms with van der Waals surface area (Å²) in [5, 5.41) is 12.0. The lowest BCUT2D eigenvalue weighted by molar-refractivity contribution is 0.332. The molecule has 299 valence electrons. The number of aromatic nitrogens is 1. The van der Waals surface area contributed by atoms with Crippen molar-refractivity contribution < 1.29 is 0 Å². The van der Waals surface area contributed by atoms with Crippen molar-refractivity contribution in [1.29, 1.82) is 0 Å². The van der Waals surface area contributed by atoms with Gasteiger partial charge < -0.3 is 9.88 Å². The van der Waals surface area contributed by atoms with Gasteiger partial charge in [-0.2, -0.15) is 0 Å². The topological polar surface area (TPSA) is 17.0 Å². The Hall–Kier alpha value is -6.10. The van der Waals surface area contributed by atoms with E-state index in [1.54, 1.807) is 0 Å². The van der Waals surface area contributed by atoms with E-state index in [1.807, 2.05) is 11.3 Å². The smallest absolute Gasteiger partial charge is 0.197 e. The number of nitrogens with one attached hydrogen (secondary N) is 1. The van der Waals surface area contributed by atoms with E-state index >= 15 is 0 Å². The molecular weight excluding hydrogens is 768 g/mol. The summed E-state index contributed by atoms with van der Waals surface area (Å²) in [6, 6.07) is 51.0. The van der Waals surface area contributed by atoms with Gasteiger partial charge in [-0.15, -0.1) is 11.3 Å². The highest BCUT2D eigenvalue weighted by Crippen LogP contribution is 2.56. The van der Waals surface area contributed by atoms with Crippen molar-refractivity contribution in [2.45, 2.75) is 77.6 Å². The van der Waals surface area contributed by atoms with E-state index in [4.69, 9.17) is 0 Å². The number of thiophene rings is 1. The first-order chi connectivity index (χ1) is 29.9. The van der Waals surface area contributed by atoms with E-state index in [9.17, 15) is 0 Å². The zero-order valence-corrected chi connectivity index (χ0v) is 37.4. The molecule has 4 heteroatoms. The minimum absolute atomic E-state index is 0.0981. The Kier molecular flexibility index (Phi) is 7.25. The Labute approximate surface area is 368 Å². The molecule has 1 N–H and O–H groups in total. The lowest BCUT2D eigenvalue weighted by Gasteiger charge is -2.42. The lowest BCUT2D eigenvalue weighted by Crippen LogP contribution is -2.38. The molecule has 2 aliphatic carbocycles. The third kappa shape index (κ3) is 4.82. The molecule has 0 atom stereocenters. The first-order valence-corrected chi connectivity index (χ1v) is 23.2. The molecular formula is C58H48BN2S. The first kappa shape index (κ1) is 36.5. The van der Waals surface area contributed by atoms with Gasteiger partial charge in [-0.05, 0) is 128 Å². The number of aryl methyl sites for hydroxylation is 1. The maximum Gasteiger partial charge on any atom is 0.197 e. The number of rotatable bonds is 3. The van der Waals surface area contributed by atoms with Gasteiger partial charge in [0, 0.05) is 64.5 Å². The molecule has 0 fully saturated rings. The molecule has 2 aromatic heterocycles. The fourth-order valence-corrected chi connectivity index (χ4v) is 13.2. The molecule has 8 aromatic carbocycles. The lowest BCUT2D eigenvalue weighted by atomic mass is 9.57. The van der Waals surface area contributed by atoms with Crippen LogP contribution in [-0.2, 0) is 16.2 Å². The molecule has 0 amide bonds. The SMILES string of the molecule is Cc1cc2c(cc1Nc1ccc3c(sc4ccccc43)c1-c1c3c(cc4c1C(C)(C)c1ccccc1-4)-n1c4cc5ccccc5cc4c4cccc(c41)[B]3)C(C)(C)CCC2(C)C. The van der Waals surface area contributed by atoms with E-state index in [0.717, 1.165) is 5.69 Å². The largest absolute Gasteiger partial charge is 0.355 e. The molecule has 0 unspecified atom stereocenters. The van der Waals surface area contributed by atoms with E-state index in [2.05, 4.69) is 199 Å². The van der Waals surface area contributed by atoms with Crippen LogP contribution >= 0.6 is 11.3 Å². The molecule has 0 bridgehead atoms. The van der Waals surface area contributed by atoms with Crippen molar-refractivity contribution >= 4 is 93.7 Å². The fraction of sp³-hybridized carbons (Fsp3) is 0.207. The van der Waals surface area contributed by atoms with Crippen LogP contribution in [0, 0.1) is 6.92 Å². The van der Waals surface area contributed by atoms with Crippen LogP contribution in [0.5, 0.6) is 0 Å². The van der Waals surface area contributed by atoms with Crippen molar-refractivity contribution in [1.82, 2.24) is 4.57 Å². The van der Waals surface area contributed by atoms with Crippen LogP contribution in [0.2, 0.25) is 0 Å². The van der Waals surface area contributed by atoms with Crippen LogP contribution in [0.1, 0.15) is 82.2 Å². The van der Waals surface area contributed by atoms with Crippen molar-refractivity contribution in [3.05, 3.63) is 161 Å². The zero-order valence-electron chi connectivity index (χ0n) is 36.5. The Morgan fingerprint density at radius 1 is 0.581 bits per heavy atom. The Morgan fingerprint density at radius 3 is 2.11 bits per heavy atom. The minimum atomic E-state index is -0.251. The molecule has 10 aromatic rings. The van der Waals surface area contributed by atoms with E-state index < -0.39 is 0 Å². The number of hydrogen-bond donors (Lipinski definition) is 1. The third-order valence-corrected chi connectivity index (χ3v) is 16.6. The summed E-state index contributed by atoms with van der Waals surface area (Å²) >= 11 is 1.94. The first-order valence-electron chi connectivity index (χ1n) is 22.4. The van der Waals surface area contributed by atoms with Crippen molar-refractivity contribution in [2.24, 2.45) is 0 Å². The summed E-state index contributed by atoms with van der Waals surface area (Å²) in [5.41, 5.74) is 21.0. The Balaban J connectivity index is 1.17. The molecule has 2 nitrogen and oxygen atoms in total. The summed E-state index contributed by atoms with van der Waals surface area (Å²) in [7, 11) is 2.52. The highest BCUT2D eigenvalue weighted by Gasteiger charge is 2.42. The minimum Gasteiger partial charge on any atom is -0.355 e. The predicted octanol–water partition coefficient (Wildman–Crippen LogP) is 14.6. The summed E-state index contributed by atoms with van der Waals surface area (Å²) in [5.74, 6) is 0. The molecule has 3 aliphatic rings. The summed E-state index contributed by atoms with van der Waals surface area (Å²) in [6.07, 6.45) is 2.38. The van der Waals surface area contributed by atoms with Gasteiger partial charge in [0.1, 0.15) is 0 Å². The van der Waals surface area contributed by atoms with Crippen molar-refractivity contribution in [2.75, 3.05) is 5.32 Å². The number of para-hydroxylation sites is 1. The second-order valence-electron chi connectivity index (χ2n) is 20.3. The average Bonchev–Trinajstić information content (AvgIpc) is 3.88. The van der Waals surface area contributed by atoms with Gasteiger partial charge >= 0.3 is 0 Å². The van der Waals surface area contributed by atoms with Crippen molar-refractivity contribution in [3.63, 3.8) is 0 Å². The number of hydrogen-bond acceptors (Lipinski definition) is 2. The molecule has 1 aliphatic heterocycles. The van der Waals surface area contributed by atoms with Crippen LogP contribution in [0.3, 0.4) is 0 Å². The molecule has 62 heavy (non-hydrogen) atoms. The van der Waals surface area contributed by atoms with Gasteiger partial charge in [-0.25, -0.2) is 0 Å².